The van der Waals surface area contributed by atoms with Crippen LogP contribution in [0.15, 0.2) is 12.2 Å². The second-order valence-corrected chi connectivity index (χ2v) is 3.23. The minimum atomic E-state index is 1.21. The summed E-state index contributed by atoms with van der Waals surface area (Å²) in [6, 6.07) is 0. The summed E-state index contributed by atoms with van der Waals surface area (Å²) < 4.78 is 0. The Bertz CT molecular complexity index is 58.6. The minimum absolute atomic E-state index is 1.21. The molecule has 0 saturated heterocycles. The summed E-state index contributed by atoms with van der Waals surface area (Å²) in [4.78, 5) is 0. The van der Waals surface area contributed by atoms with E-state index in [9.17, 15) is 0 Å². The van der Waals surface area contributed by atoms with Crippen LogP contribution >= 0.6 is 8.58 Å². The van der Waals surface area contributed by atoms with Crippen molar-refractivity contribution in [1.82, 2.24) is 0 Å². The monoisotopic (exact) mass is 114 g/mol. The van der Waals surface area contributed by atoms with Crippen molar-refractivity contribution in [3.63, 3.8) is 0 Å². The molecule has 0 N–H and O–H groups in total. The average molecular weight is 114 g/mol. The fourth-order valence-corrected chi connectivity index (χ4v) is 1.72. The highest BCUT2D eigenvalue weighted by atomic mass is 31.1. The Kier molecular flexibility index (Phi) is 2.43. The molecular weight excluding hydrogens is 103 g/mol. The molecule has 0 bridgehead atoms. The van der Waals surface area contributed by atoms with E-state index < -0.39 is 0 Å². The highest BCUT2D eigenvalue weighted by molar-refractivity contribution is 7.38. The number of hydrogen-bond donors (Lipinski definition) is 0. The molecule has 0 spiro atoms. The lowest BCUT2D eigenvalue weighted by Crippen LogP contribution is -1.69. The molecule has 40 valence electrons. The van der Waals surface area contributed by atoms with Gasteiger partial charge >= 0.3 is 0 Å². The van der Waals surface area contributed by atoms with Crippen LogP contribution in [0, 0.1) is 0 Å². The number of rotatable bonds is 0. The summed E-state index contributed by atoms with van der Waals surface area (Å²) in [6.45, 7) is 0. The summed E-state index contributed by atoms with van der Waals surface area (Å²) in [7, 11) is 1.21. The van der Waals surface area contributed by atoms with E-state index in [0.717, 1.165) is 0 Å². The van der Waals surface area contributed by atoms with Crippen molar-refractivity contribution in [2.45, 2.75) is 12.8 Å². The predicted molar refractivity (Wildman–Crippen MR) is 36.4 cm³/mol. The Balaban J connectivity index is 2.20. The van der Waals surface area contributed by atoms with E-state index in [-0.39, 0.29) is 0 Å². The molecule has 1 aliphatic rings. The Labute approximate surface area is 46.8 Å². The van der Waals surface area contributed by atoms with Gasteiger partial charge in [-0.2, -0.15) is 0 Å². The van der Waals surface area contributed by atoms with Crippen molar-refractivity contribution in [2.75, 3.05) is 12.3 Å². The zero-order valence-corrected chi connectivity index (χ0v) is 5.48. The molecule has 0 aromatic heterocycles. The van der Waals surface area contributed by atoms with Crippen molar-refractivity contribution in [3.05, 3.63) is 12.2 Å². The summed E-state index contributed by atoms with van der Waals surface area (Å²) >= 11 is 0. The third kappa shape index (κ3) is 2.09. The molecule has 1 unspecified atom stereocenters. The zero-order chi connectivity index (χ0) is 4.95. The zero-order valence-electron chi connectivity index (χ0n) is 4.48. The second kappa shape index (κ2) is 3.21. The van der Waals surface area contributed by atoms with E-state index in [1.807, 2.05) is 0 Å². The van der Waals surface area contributed by atoms with Gasteiger partial charge in [-0.15, -0.1) is 8.58 Å². The van der Waals surface area contributed by atoms with Crippen LogP contribution in [-0.2, 0) is 0 Å². The predicted octanol–water partition coefficient (Wildman–Crippen LogP) is 2.01. The molecular formula is C6H11P. The van der Waals surface area contributed by atoms with Gasteiger partial charge in [0.05, 0.1) is 0 Å². The van der Waals surface area contributed by atoms with Crippen molar-refractivity contribution < 1.29 is 0 Å². The lowest BCUT2D eigenvalue weighted by Gasteiger charge is -1.87. The van der Waals surface area contributed by atoms with E-state index in [1.165, 1.54) is 33.7 Å². The Morgan fingerprint density at radius 2 is 2.29 bits per heavy atom. The van der Waals surface area contributed by atoms with Gasteiger partial charge in [-0.25, -0.2) is 0 Å². The molecule has 0 saturated carbocycles. The van der Waals surface area contributed by atoms with Gasteiger partial charge < -0.3 is 0 Å². The van der Waals surface area contributed by atoms with E-state index in [0.29, 0.717) is 0 Å². The molecule has 1 rings (SSSR count). The van der Waals surface area contributed by atoms with Crippen LogP contribution in [0.3, 0.4) is 0 Å². The maximum Gasteiger partial charge on any atom is -0.0172 e. The molecule has 1 atom stereocenters. The van der Waals surface area contributed by atoms with E-state index >= 15 is 0 Å². The Morgan fingerprint density at radius 3 is 3.29 bits per heavy atom. The molecule has 0 aromatic rings. The third-order valence-electron chi connectivity index (χ3n) is 1.15. The van der Waals surface area contributed by atoms with Crippen molar-refractivity contribution in [3.8, 4) is 0 Å². The smallest absolute Gasteiger partial charge is 0.0172 e. The first-order chi connectivity index (χ1) is 3.50. The third-order valence-corrected chi connectivity index (χ3v) is 2.38. The second-order valence-electron chi connectivity index (χ2n) is 1.82. The van der Waals surface area contributed by atoms with Crippen LogP contribution in [0.2, 0.25) is 0 Å². The topological polar surface area (TPSA) is 0 Å². The summed E-state index contributed by atoms with van der Waals surface area (Å²) in [5, 5.41) is 0. The largest absolute Gasteiger partial charge is 0.118 e. The molecule has 0 aromatic carbocycles. The standard InChI is InChI=1S/C6H11P/c1-2-4-6-7-5-3-1/h1,3,7H,2,4-6H2. The number of hydrogen-bond acceptors (Lipinski definition) is 0. The molecule has 0 fully saturated rings. The Morgan fingerprint density at radius 1 is 1.29 bits per heavy atom. The van der Waals surface area contributed by atoms with Gasteiger partial charge in [0.2, 0.25) is 0 Å². The first-order valence-corrected chi connectivity index (χ1v) is 4.27. The molecule has 7 heavy (non-hydrogen) atoms. The maximum absolute atomic E-state index is 2.31. The van der Waals surface area contributed by atoms with Crippen LogP contribution in [0.5, 0.6) is 0 Å². The Hall–Kier alpha value is 0.170. The fourth-order valence-electron chi connectivity index (χ4n) is 0.731. The van der Waals surface area contributed by atoms with Gasteiger partial charge in [-0.05, 0) is 25.2 Å². The van der Waals surface area contributed by atoms with E-state index in [4.69, 9.17) is 0 Å². The van der Waals surface area contributed by atoms with Crippen molar-refractivity contribution in [1.29, 1.82) is 0 Å². The van der Waals surface area contributed by atoms with E-state index in [2.05, 4.69) is 12.2 Å². The lowest BCUT2D eigenvalue weighted by atomic mass is 10.3. The fraction of sp³-hybridized carbons (Fsp3) is 0.667. The highest BCUT2D eigenvalue weighted by Crippen LogP contribution is 2.15. The average Bonchev–Trinajstić information content (AvgIpc) is 1.90. The molecule has 1 heteroatoms. The van der Waals surface area contributed by atoms with Crippen LogP contribution in [0.1, 0.15) is 12.8 Å². The van der Waals surface area contributed by atoms with Crippen LogP contribution < -0.4 is 0 Å². The lowest BCUT2D eigenvalue weighted by molar-refractivity contribution is 0.975. The van der Waals surface area contributed by atoms with Gasteiger partial charge in [-0.3, -0.25) is 0 Å². The van der Waals surface area contributed by atoms with Crippen molar-refractivity contribution in [2.24, 2.45) is 0 Å². The SMILES string of the molecule is C1=CCPCCC1. The van der Waals surface area contributed by atoms with Gasteiger partial charge in [0.1, 0.15) is 0 Å². The van der Waals surface area contributed by atoms with Gasteiger partial charge in [0, 0.05) is 0 Å². The van der Waals surface area contributed by atoms with E-state index in [1.54, 1.807) is 0 Å². The quantitative estimate of drug-likeness (QED) is 0.334. The summed E-state index contributed by atoms with van der Waals surface area (Å²) in [5.74, 6) is 0. The summed E-state index contributed by atoms with van der Waals surface area (Å²) in [6.07, 6.45) is 10.2. The molecule has 0 aliphatic carbocycles. The van der Waals surface area contributed by atoms with Crippen LogP contribution in [0.4, 0.5) is 0 Å². The normalized spacial score (nSPS) is 25.1. The van der Waals surface area contributed by atoms with Crippen molar-refractivity contribution >= 4 is 8.58 Å². The van der Waals surface area contributed by atoms with Gasteiger partial charge in [0.25, 0.3) is 0 Å². The van der Waals surface area contributed by atoms with Gasteiger partial charge in [-0.1, -0.05) is 12.2 Å². The van der Waals surface area contributed by atoms with Crippen LogP contribution in [0.25, 0.3) is 0 Å². The molecule has 0 amide bonds. The first kappa shape index (κ1) is 5.31. The minimum Gasteiger partial charge on any atom is -0.118 e. The molecule has 1 heterocycles. The molecule has 0 nitrogen and oxygen atoms in total. The van der Waals surface area contributed by atoms with Gasteiger partial charge in [0.15, 0.2) is 0 Å². The maximum atomic E-state index is 2.31. The first-order valence-electron chi connectivity index (χ1n) is 2.86. The summed E-state index contributed by atoms with van der Waals surface area (Å²) in [5.41, 5.74) is 0. The highest BCUT2D eigenvalue weighted by Gasteiger charge is 1.88. The van der Waals surface area contributed by atoms with Crippen LogP contribution in [-0.4, -0.2) is 12.3 Å². The molecule has 1 aliphatic heterocycles. The molecule has 0 radical (unpaired) electrons. The number of allylic oxidation sites excluding steroid dienone is 2.